The van der Waals surface area contributed by atoms with E-state index in [2.05, 4.69) is 34.1 Å². The highest BCUT2D eigenvalue weighted by Crippen LogP contribution is 2.34. The van der Waals surface area contributed by atoms with Crippen molar-refractivity contribution in [3.05, 3.63) is 53.7 Å². The SMILES string of the molecule is COCCCOC(=O)C1CCN(Cc2ccc([C@H]3COc4cccnc4O3)cc2)CC1. The molecule has 0 amide bonds. The lowest BCUT2D eigenvalue weighted by Gasteiger charge is -2.31. The zero-order valence-electron chi connectivity index (χ0n) is 18.0. The number of carbonyl (C=O) groups excluding carboxylic acids is 1. The van der Waals surface area contributed by atoms with Crippen LogP contribution in [0.25, 0.3) is 0 Å². The largest absolute Gasteiger partial charge is 0.484 e. The number of likely N-dealkylation sites (tertiary alicyclic amines) is 1. The lowest BCUT2D eigenvalue weighted by atomic mass is 9.96. The van der Waals surface area contributed by atoms with Crippen molar-refractivity contribution in [2.75, 3.05) is 40.0 Å². The Hall–Kier alpha value is -2.64. The number of fused-ring (bicyclic) bond motifs is 1. The molecule has 2 aromatic rings. The molecule has 1 aromatic carbocycles. The van der Waals surface area contributed by atoms with Gasteiger partial charge in [-0.05, 0) is 49.2 Å². The van der Waals surface area contributed by atoms with Crippen LogP contribution in [0.3, 0.4) is 0 Å². The van der Waals surface area contributed by atoms with Crippen molar-refractivity contribution >= 4 is 5.97 Å². The van der Waals surface area contributed by atoms with Gasteiger partial charge >= 0.3 is 5.97 Å². The zero-order chi connectivity index (χ0) is 21.5. The molecular formula is C24H30N2O5. The summed E-state index contributed by atoms with van der Waals surface area (Å²) in [6, 6.07) is 12.2. The Kier molecular flexibility index (Phi) is 7.38. The van der Waals surface area contributed by atoms with Crippen LogP contribution in [0, 0.1) is 5.92 Å². The first-order valence-electron chi connectivity index (χ1n) is 10.9. The number of esters is 1. The molecule has 31 heavy (non-hydrogen) atoms. The molecule has 7 heteroatoms. The van der Waals surface area contributed by atoms with Crippen LogP contribution < -0.4 is 9.47 Å². The number of ether oxygens (including phenoxy) is 4. The van der Waals surface area contributed by atoms with Gasteiger partial charge in [0, 0.05) is 32.9 Å². The fourth-order valence-corrected chi connectivity index (χ4v) is 3.99. The summed E-state index contributed by atoms with van der Waals surface area (Å²) in [5.41, 5.74) is 2.33. The van der Waals surface area contributed by atoms with E-state index in [4.69, 9.17) is 18.9 Å². The van der Waals surface area contributed by atoms with E-state index in [1.807, 2.05) is 12.1 Å². The second-order valence-electron chi connectivity index (χ2n) is 8.03. The first kappa shape index (κ1) is 21.6. The molecule has 1 saturated heterocycles. The summed E-state index contributed by atoms with van der Waals surface area (Å²) >= 11 is 0. The van der Waals surface area contributed by atoms with Gasteiger partial charge in [0.05, 0.1) is 12.5 Å². The Morgan fingerprint density at radius 2 is 1.97 bits per heavy atom. The lowest BCUT2D eigenvalue weighted by molar-refractivity contribution is -0.150. The lowest BCUT2D eigenvalue weighted by Crippen LogP contribution is -2.36. The second kappa shape index (κ2) is 10.6. The van der Waals surface area contributed by atoms with Crippen LogP contribution in [0.15, 0.2) is 42.6 Å². The highest BCUT2D eigenvalue weighted by atomic mass is 16.6. The van der Waals surface area contributed by atoms with Crippen molar-refractivity contribution in [1.82, 2.24) is 9.88 Å². The Balaban J connectivity index is 1.23. The van der Waals surface area contributed by atoms with Crippen molar-refractivity contribution in [1.29, 1.82) is 0 Å². The molecule has 166 valence electrons. The number of piperidine rings is 1. The monoisotopic (exact) mass is 426 g/mol. The number of nitrogens with zero attached hydrogens (tertiary/aromatic N) is 2. The van der Waals surface area contributed by atoms with Crippen LogP contribution in [0.2, 0.25) is 0 Å². The molecule has 0 radical (unpaired) electrons. The van der Waals surface area contributed by atoms with E-state index in [1.54, 1.807) is 13.3 Å². The Labute approximate surface area is 183 Å². The Morgan fingerprint density at radius 1 is 1.16 bits per heavy atom. The van der Waals surface area contributed by atoms with Crippen molar-refractivity contribution in [3.63, 3.8) is 0 Å². The average Bonchev–Trinajstić information content (AvgIpc) is 2.82. The summed E-state index contributed by atoms with van der Waals surface area (Å²) in [7, 11) is 1.65. The molecule has 0 spiro atoms. The zero-order valence-corrected chi connectivity index (χ0v) is 18.0. The molecule has 0 N–H and O–H groups in total. The molecule has 1 atom stereocenters. The summed E-state index contributed by atoms with van der Waals surface area (Å²) in [5.74, 6) is 1.19. The fraction of sp³-hybridized carbons (Fsp3) is 0.500. The predicted molar refractivity (Wildman–Crippen MR) is 115 cm³/mol. The number of hydrogen-bond acceptors (Lipinski definition) is 7. The van der Waals surface area contributed by atoms with E-state index >= 15 is 0 Å². The van der Waals surface area contributed by atoms with Crippen molar-refractivity contribution < 1.29 is 23.7 Å². The second-order valence-corrected chi connectivity index (χ2v) is 8.03. The maximum atomic E-state index is 12.2. The van der Waals surface area contributed by atoms with Gasteiger partial charge in [-0.15, -0.1) is 0 Å². The van der Waals surface area contributed by atoms with Gasteiger partial charge in [0.2, 0.25) is 0 Å². The molecule has 0 saturated carbocycles. The fourth-order valence-electron chi connectivity index (χ4n) is 3.99. The molecule has 1 aromatic heterocycles. The number of methoxy groups -OCH3 is 1. The van der Waals surface area contributed by atoms with Crippen molar-refractivity contribution in [3.8, 4) is 11.6 Å². The maximum Gasteiger partial charge on any atom is 0.309 e. The smallest absolute Gasteiger partial charge is 0.309 e. The molecular weight excluding hydrogens is 396 g/mol. The minimum atomic E-state index is -0.151. The normalized spacial score (nSPS) is 19.2. The number of pyridine rings is 1. The van der Waals surface area contributed by atoms with Gasteiger partial charge in [-0.1, -0.05) is 24.3 Å². The molecule has 4 rings (SSSR count). The van der Waals surface area contributed by atoms with Gasteiger partial charge in [0.1, 0.15) is 6.61 Å². The van der Waals surface area contributed by atoms with Gasteiger partial charge in [-0.2, -0.15) is 0 Å². The van der Waals surface area contributed by atoms with Gasteiger partial charge in [-0.25, -0.2) is 4.98 Å². The quantitative estimate of drug-likeness (QED) is 0.473. The third kappa shape index (κ3) is 5.74. The molecule has 0 unspecified atom stereocenters. The topological polar surface area (TPSA) is 70.1 Å². The van der Waals surface area contributed by atoms with Gasteiger partial charge in [0.25, 0.3) is 5.88 Å². The minimum Gasteiger partial charge on any atom is -0.484 e. The Morgan fingerprint density at radius 3 is 2.74 bits per heavy atom. The van der Waals surface area contributed by atoms with E-state index in [9.17, 15) is 4.79 Å². The van der Waals surface area contributed by atoms with Gasteiger partial charge in [-0.3, -0.25) is 9.69 Å². The summed E-state index contributed by atoms with van der Waals surface area (Å²) < 4.78 is 22.1. The molecule has 7 nitrogen and oxygen atoms in total. The van der Waals surface area contributed by atoms with Crippen LogP contribution in [0.5, 0.6) is 11.6 Å². The minimum absolute atomic E-state index is 0.0149. The maximum absolute atomic E-state index is 12.2. The summed E-state index contributed by atoms with van der Waals surface area (Å²) in [6.07, 6.45) is 4.00. The highest BCUT2D eigenvalue weighted by Gasteiger charge is 2.26. The van der Waals surface area contributed by atoms with Crippen LogP contribution in [-0.2, 0) is 20.8 Å². The molecule has 2 aliphatic heterocycles. The van der Waals surface area contributed by atoms with Crippen LogP contribution >= 0.6 is 0 Å². The average molecular weight is 427 g/mol. The molecule has 3 heterocycles. The van der Waals surface area contributed by atoms with E-state index in [1.165, 1.54) is 5.56 Å². The number of carbonyl (C=O) groups is 1. The van der Waals surface area contributed by atoms with Gasteiger partial charge in [0.15, 0.2) is 11.9 Å². The third-order valence-electron chi connectivity index (χ3n) is 5.80. The standard InChI is InChI=1S/C24H30N2O5/c1-28-14-3-15-29-24(27)20-9-12-26(13-10-20)16-18-5-7-19(8-6-18)22-17-30-21-4-2-11-25-23(21)31-22/h2,4-8,11,20,22H,3,9-10,12-17H2,1H3/t22-/m1/s1. The first-order valence-corrected chi connectivity index (χ1v) is 10.9. The Bertz CT molecular complexity index is 849. The molecule has 0 aliphatic carbocycles. The molecule has 0 bridgehead atoms. The summed E-state index contributed by atoms with van der Waals surface area (Å²) in [4.78, 5) is 18.8. The van der Waals surface area contributed by atoms with E-state index in [-0.39, 0.29) is 18.0 Å². The van der Waals surface area contributed by atoms with Gasteiger partial charge < -0.3 is 18.9 Å². The van der Waals surface area contributed by atoms with E-state index < -0.39 is 0 Å². The number of benzene rings is 1. The predicted octanol–water partition coefficient (Wildman–Crippen LogP) is 3.39. The number of hydrogen-bond donors (Lipinski definition) is 0. The van der Waals surface area contributed by atoms with E-state index in [0.717, 1.165) is 44.5 Å². The van der Waals surface area contributed by atoms with Crippen molar-refractivity contribution in [2.24, 2.45) is 5.92 Å². The summed E-state index contributed by atoms with van der Waals surface area (Å²) in [6.45, 7) is 4.23. The van der Waals surface area contributed by atoms with E-state index in [0.29, 0.717) is 31.5 Å². The summed E-state index contributed by atoms with van der Waals surface area (Å²) in [5, 5.41) is 0. The van der Waals surface area contributed by atoms with Crippen molar-refractivity contribution in [2.45, 2.75) is 31.9 Å². The van der Waals surface area contributed by atoms with Crippen LogP contribution in [0.1, 0.15) is 36.5 Å². The third-order valence-corrected chi connectivity index (χ3v) is 5.80. The number of aromatic nitrogens is 1. The number of rotatable bonds is 8. The molecule has 2 aliphatic rings. The highest BCUT2D eigenvalue weighted by molar-refractivity contribution is 5.72. The van der Waals surface area contributed by atoms with Crippen LogP contribution in [-0.4, -0.2) is 55.9 Å². The van der Waals surface area contributed by atoms with Crippen LogP contribution in [0.4, 0.5) is 0 Å². The molecule has 1 fully saturated rings. The first-order chi connectivity index (χ1) is 15.2.